The second-order valence-electron chi connectivity index (χ2n) is 8.17. The Morgan fingerprint density at radius 1 is 0.714 bits per heavy atom. The lowest BCUT2D eigenvalue weighted by Crippen LogP contribution is -2.57. The smallest absolute Gasteiger partial charge is 0.252 e. The Hall–Kier alpha value is -3.72. The van der Waals surface area contributed by atoms with E-state index < -0.39 is 41.1 Å². The van der Waals surface area contributed by atoms with Crippen molar-refractivity contribution in [2.75, 3.05) is 0 Å². The standard InChI is InChI=1S/C26H29N5O3S/c1-17(20-8-12-27-13-9-20)29-25(33)23(26(34)30-18(2)21-10-14-28-15-11-21)31-24(32)22(35)16-19-6-4-3-5-7-19/h3-15,17-18,22-23,35H,16H2,1-2H3,(H,29,33)(H,30,34)(H,31,32). The predicted octanol–water partition coefficient (Wildman–Crippen LogP) is 2.56. The van der Waals surface area contributed by atoms with Crippen molar-refractivity contribution in [1.29, 1.82) is 0 Å². The Morgan fingerprint density at radius 2 is 1.17 bits per heavy atom. The van der Waals surface area contributed by atoms with E-state index in [-0.39, 0.29) is 0 Å². The van der Waals surface area contributed by atoms with E-state index in [4.69, 9.17) is 0 Å². The molecule has 35 heavy (non-hydrogen) atoms. The average molecular weight is 492 g/mol. The summed E-state index contributed by atoms with van der Waals surface area (Å²) in [4.78, 5) is 47.2. The highest BCUT2D eigenvalue weighted by Gasteiger charge is 2.32. The van der Waals surface area contributed by atoms with E-state index in [0.717, 1.165) is 16.7 Å². The number of nitrogens with one attached hydrogen (secondary N) is 3. The summed E-state index contributed by atoms with van der Waals surface area (Å²) in [7, 11) is 0. The molecule has 3 rings (SSSR count). The third kappa shape index (κ3) is 7.65. The highest BCUT2D eigenvalue weighted by molar-refractivity contribution is 7.81. The number of aromatic nitrogens is 2. The van der Waals surface area contributed by atoms with Crippen molar-refractivity contribution in [1.82, 2.24) is 25.9 Å². The van der Waals surface area contributed by atoms with Gasteiger partial charge in [-0.3, -0.25) is 24.4 Å². The number of thiol groups is 1. The lowest BCUT2D eigenvalue weighted by atomic mass is 10.1. The third-order valence-corrected chi connectivity index (χ3v) is 5.93. The predicted molar refractivity (Wildman–Crippen MR) is 136 cm³/mol. The molecule has 3 N–H and O–H groups in total. The molecule has 0 saturated carbocycles. The van der Waals surface area contributed by atoms with Crippen LogP contribution >= 0.6 is 12.6 Å². The van der Waals surface area contributed by atoms with Crippen molar-refractivity contribution in [2.45, 2.75) is 43.6 Å². The highest BCUT2D eigenvalue weighted by Crippen LogP contribution is 2.13. The van der Waals surface area contributed by atoms with Crippen LogP contribution in [0.3, 0.4) is 0 Å². The summed E-state index contributed by atoms with van der Waals surface area (Å²) < 4.78 is 0. The minimum absolute atomic E-state index is 0.354. The first-order valence-electron chi connectivity index (χ1n) is 11.3. The van der Waals surface area contributed by atoms with Crippen molar-refractivity contribution in [3.8, 4) is 0 Å². The third-order valence-electron chi connectivity index (χ3n) is 5.52. The fourth-order valence-electron chi connectivity index (χ4n) is 3.48. The minimum atomic E-state index is -1.44. The van der Waals surface area contributed by atoms with Crippen LogP contribution in [0.2, 0.25) is 0 Å². The summed E-state index contributed by atoms with van der Waals surface area (Å²) >= 11 is 4.41. The van der Waals surface area contributed by atoms with Crippen LogP contribution in [0.25, 0.3) is 0 Å². The molecule has 0 saturated heterocycles. The first-order valence-corrected chi connectivity index (χ1v) is 11.8. The fourth-order valence-corrected chi connectivity index (χ4v) is 3.77. The highest BCUT2D eigenvalue weighted by atomic mass is 32.1. The second kappa shape index (κ2) is 12.7. The number of rotatable bonds is 10. The monoisotopic (exact) mass is 491 g/mol. The molecule has 3 amide bonds. The van der Waals surface area contributed by atoms with Gasteiger partial charge < -0.3 is 16.0 Å². The van der Waals surface area contributed by atoms with Gasteiger partial charge in [-0.15, -0.1) is 0 Å². The summed E-state index contributed by atoms with van der Waals surface area (Å²) in [6.45, 7) is 3.58. The molecule has 9 heteroatoms. The Balaban J connectivity index is 1.73. The van der Waals surface area contributed by atoms with Crippen LogP contribution in [0.1, 0.15) is 42.6 Å². The van der Waals surface area contributed by atoms with Gasteiger partial charge >= 0.3 is 0 Å². The lowest BCUT2D eigenvalue weighted by molar-refractivity contribution is -0.137. The van der Waals surface area contributed by atoms with Gasteiger partial charge in [0.05, 0.1) is 17.3 Å². The van der Waals surface area contributed by atoms with Crippen LogP contribution in [0.4, 0.5) is 0 Å². The molecule has 2 heterocycles. The minimum Gasteiger partial charge on any atom is -0.347 e. The number of carbonyl (C=O) groups is 3. The molecule has 182 valence electrons. The molecule has 3 unspecified atom stereocenters. The van der Waals surface area contributed by atoms with Crippen molar-refractivity contribution in [2.24, 2.45) is 0 Å². The molecule has 0 spiro atoms. The zero-order chi connectivity index (χ0) is 25.2. The normalized spacial score (nSPS) is 14.1. The zero-order valence-corrected chi connectivity index (χ0v) is 20.5. The molecule has 0 aliphatic carbocycles. The SMILES string of the molecule is CC(NC(=O)C(NC(=O)C(S)Cc1ccccc1)C(=O)NC(C)c1ccncc1)c1ccncc1. The number of carbonyl (C=O) groups excluding carboxylic acids is 3. The van der Waals surface area contributed by atoms with E-state index in [1.165, 1.54) is 0 Å². The van der Waals surface area contributed by atoms with Crippen LogP contribution < -0.4 is 16.0 Å². The Labute approximate surface area is 210 Å². The molecule has 3 atom stereocenters. The Bertz CT molecular complexity index is 1060. The summed E-state index contributed by atoms with van der Waals surface area (Å²) in [6, 6.07) is 14.3. The van der Waals surface area contributed by atoms with Gasteiger partial charge in [-0.05, 0) is 61.2 Å². The molecule has 0 aliphatic heterocycles. The lowest BCUT2D eigenvalue weighted by Gasteiger charge is -2.24. The Morgan fingerprint density at radius 3 is 1.63 bits per heavy atom. The maximum Gasteiger partial charge on any atom is 0.252 e. The molecule has 3 aromatic rings. The van der Waals surface area contributed by atoms with Crippen molar-refractivity contribution in [3.63, 3.8) is 0 Å². The van der Waals surface area contributed by atoms with Gasteiger partial charge in [0, 0.05) is 24.8 Å². The average Bonchev–Trinajstić information content (AvgIpc) is 2.88. The van der Waals surface area contributed by atoms with E-state index in [2.05, 4.69) is 38.5 Å². The largest absolute Gasteiger partial charge is 0.347 e. The fraction of sp³-hybridized carbons (Fsp3) is 0.269. The van der Waals surface area contributed by atoms with Gasteiger partial charge in [0.2, 0.25) is 5.91 Å². The number of hydrogen-bond donors (Lipinski definition) is 4. The first-order chi connectivity index (χ1) is 16.8. The van der Waals surface area contributed by atoms with Gasteiger partial charge in [-0.2, -0.15) is 12.6 Å². The van der Waals surface area contributed by atoms with E-state index in [1.807, 2.05) is 30.3 Å². The number of pyridine rings is 2. The summed E-state index contributed by atoms with van der Waals surface area (Å²) in [6.07, 6.45) is 6.84. The maximum atomic E-state index is 13.2. The van der Waals surface area contributed by atoms with Gasteiger partial charge in [0.1, 0.15) is 0 Å². The number of benzene rings is 1. The molecule has 2 aromatic heterocycles. The molecular weight excluding hydrogens is 462 g/mol. The quantitative estimate of drug-likeness (QED) is 0.257. The zero-order valence-electron chi connectivity index (χ0n) is 19.6. The van der Waals surface area contributed by atoms with Gasteiger partial charge in [-0.1, -0.05) is 30.3 Å². The van der Waals surface area contributed by atoms with Gasteiger partial charge in [0.25, 0.3) is 11.8 Å². The molecule has 1 aromatic carbocycles. The topological polar surface area (TPSA) is 113 Å². The van der Waals surface area contributed by atoms with Crippen LogP contribution in [-0.4, -0.2) is 39.0 Å². The maximum absolute atomic E-state index is 13.2. The van der Waals surface area contributed by atoms with Crippen molar-refractivity contribution in [3.05, 3.63) is 96.1 Å². The van der Waals surface area contributed by atoms with E-state index in [0.29, 0.717) is 6.42 Å². The van der Waals surface area contributed by atoms with Crippen LogP contribution in [0.15, 0.2) is 79.4 Å². The molecular formula is C26H29N5O3S. The van der Waals surface area contributed by atoms with Gasteiger partial charge in [-0.25, -0.2) is 0 Å². The number of hydrogen-bond acceptors (Lipinski definition) is 6. The Kier molecular flexibility index (Phi) is 9.37. The van der Waals surface area contributed by atoms with Crippen molar-refractivity contribution >= 4 is 30.4 Å². The summed E-state index contributed by atoms with van der Waals surface area (Å²) in [5, 5.41) is 7.46. The first kappa shape index (κ1) is 25.9. The summed E-state index contributed by atoms with van der Waals surface area (Å²) in [5.74, 6) is -1.76. The van der Waals surface area contributed by atoms with E-state index >= 15 is 0 Å². The van der Waals surface area contributed by atoms with E-state index in [9.17, 15) is 14.4 Å². The molecule has 0 bridgehead atoms. The summed E-state index contributed by atoms with van der Waals surface area (Å²) in [5.41, 5.74) is 2.56. The van der Waals surface area contributed by atoms with E-state index in [1.54, 1.807) is 62.9 Å². The van der Waals surface area contributed by atoms with Gasteiger partial charge in [0.15, 0.2) is 6.04 Å². The van der Waals surface area contributed by atoms with Crippen LogP contribution in [-0.2, 0) is 20.8 Å². The molecule has 0 fully saturated rings. The van der Waals surface area contributed by atoms with Crippen LogP contribution in [0, 0.1) is 0 Å². The van der Waals surface area contributed by atoms with Crippen molar-refractivity contribution < 1.29 is 14.4 Å². The molecule has 8 nitrogen and oxygen atoms in total. The number of amides is 3. The number of nitrogens with zero attached hydrogens (tertiary/aromatic N) is 2. The molecule has 0 aliphatic rings. The van der Waals surface area contributed by atoms with Crippen LogP contribution in [0.5, 0.6) is 0 Å². The molecule has 0 radical (unpaired) electrons. The second-order valence-corrected chi connectivity index (χ2v) is 8.79.